The van der Waals surface area contributed by atoms with Crippen LogP contribution in [0.25, 0.3) is 0 Å². The molecule has 1 heterocycles. The first-order valence-electron chi connectivity index (χ1n) is 6.25. The molecule has 0 aliphatic carbocycles. The summed E-state index contributed by atoms with van der Waals surface area (Å²) in [5, 5.41) is 11.4. The number of H-pyrrole nitrogens is 1. The van der Waals surface area contributed by atoms with E-state index >= 15 is 0 Å². The molecule has 0 bridgehead atoms. The first-order chi connectivity index (χ1) is 9.00. The average Bonchev–Trinajstić information content (AvgIpc) is 2.81. The lowest BCUT2D eigenvalue weighted by molar-refractivity contribution is -0.137. The molecule has 7 nitrogen and oxygen atoms in total. The molecule has 0 saturated carbocycles. The van der Waals surface area contributed by atoms with Crippen molar-refractivity contribution in [3.63, 3.8) is 0 Å². The van der Waals surface area contributed by atoms with Gasteiger partial charge in [-0.15, -0.1) is 0 Å². The van der Waals surface area contributed by atoms with Crippen molar-refractivity contribution in [3.8, 4) is 0 Å². The highest BCUT2D eigenvalue weighted by Crippen LogP contribution is 2.01. The summed E-state index contributed by atoms with van der Waals surface area (Å²) >= 11 is 0. The Morgan fingerprint density at radius 3 is 2.79 bits per heavy atom. The van der Waals surface area contributed by atoms with Crippen LogP contribution in [0.5, 0.6) is 0 Å². The molecule has 0 saturated heterocycles. The van der Waals surface area contributed by atoms with Crippen molar-refractivity contribution in [1.82, 2.24) is 20.2 Å². The summed E-state index contributed by atoms with van der Waals surface area (Å²) in [7, 11) is 0. The van der Waals surface area contributed by atoms with Crippen LogP contribution >= 0.6 is 0 Å². The number of nitrogens with one attached hydrogen (secondary N) is 2. The van der Waals surface area contributed by atoms with Crippen LogP contribution in [0.15, 0.2) is 12.4 Å². The smallest absolute Gasteiger partial charge is 0.317 e. The van der Waals surface area contributed by atoms with E-state index in [1.165, 1.54) is 4.90 Å². The molecule has 19 heavy (non-hydrogen) atoms. The van der Waals surface area contributed by atoms with E-state index in [2.05, 4.69) is 15.3 Å². The minimum absolute atomic E-state index is 0.0389. The average molecular weight is 268 g/mol. The molecule has 0 aromatic carbocycles. The van der Waals surface area contributed by atoms with Crippen molar-refractivity contribution in [2.45, 2.75) is 32.7 Å². The van der Waals surface area contributed by atoms with Gasteiger partial charge in [0.25, 0.3) is 0 Å². The summed E-state index contributed by atoms with van der Waals surface area (Å²) in [4.78, 5) is 31.0. The summed E-state index contributed by atoms with van der Waals surface area (Å²) in [5.74, 6) is -0.101. The van der Waals surface area contributed by atoms with Gasteiger partial charge in [0.2, 0.25) is 0 Å². The quantitative estimate of drug-likeness (QED) is 0.682. The van der Waals surface area contributed by atoms with Crippen molar-refractivity contribution in [3.05, 3.63) is 18.2 Å². The van der Waals surface area contributed by atoms with Crippen molar-refractivity contribution < 1.29 is 14.7 Å². The molecule has 0 fully saturated rings. The second-order valence-electron chi connectivity index (χ2n) is 4.45. The molecular formula is C12H20N4O3. The Morgan fingerprint density at radius 2 is 2.26 bits per heavy atom. The van der Waals surface area contributed by atoms with Crippen LogP contribution in [0.4, 0.5) is 4.79 Å². The third-order valence-corrected chi connectivity index (χ3v) is 2.64. The van der Waals surface area contributed by atoms with Crippen molar-refractivity contribution >= 4 is 12.0 Å². The molecule has 1 rings (SSSR count). The standard InChI is InChI=1S/C12H20N4O3/c1-9(2)16(8-4-11(17)18)12(19)15-5-3-10-13-6-7-14-10/h6-7,9H,3-5,8H2,1-2H3,(H,13,14)(H,15,19)(H,17,18). The van der Waals surface area contributed by atoms with E-state index in [-0.39, 0.29) is 25.0 Å². The molecule has 1 aromatic rings. The van der Waals surface area contributed by atoms with E-state index in [0.717, 1.165) is 5.82 Å². The largest absolute Gasteiger partial charge is 0.481 e. The summed E-state index contributed by atoms with van der Waals surface area (Å²) in [5.41, 5.74) is 0. The van der Waals surface area contributed by atoms with Crippen LogP contribution in [-0.4, -0.2) is 51.1 Å². The van der Waals surface area contributed by atoms with E-state index < -0.39 is 5.97 Å². The number of carboxylic acid groups (broad SMARTS) is 1. The second kappa shape index (κ2) is 7.40. The SMILES string of the molecule is CC(C)N(CCC(=O)O)C(=O)NCCc1ncc[nH]1. The Kier molecular flexibility index (Phi) is 5.84. The van der Waals surface area contributed by atoms with Crippen LogP contribution in [-0.2, 0) is 11.2 Å². The molecule has 0 aliphatic heterocycles. The zero-order chi connectivity index (χ0) is 14.3. The number of nitrogens with zero attached hydrogens (tertiary/aromatic N) is 2. The predicted molar refractivity (Wildman–Crippen MR) is 69.8 cm³/mol. The molecule has 1 aromatic heterocycles. The lowest BCUT2D eigenvalue weighted by atomic mass is 10.3. The molecule has 3 N–H and O–H groups in total. The van der Waals surface area contributed by atoms with E-state index in [1.54, 1.807) is 12.4 Å². The topological polar surface area (TPSA) is 98.3 Å². The van der Waals surface area contributed by atoms with Gasteiger partial charge in [0.05, 0.1) is 6.42 Å². The van der Waals surface area contributed by atoms with E-state index in [0.29, 0.717) is 13.0 Å². The number of carbonyl (C=O) groups excluding carboxylic acids is 1. The number of hydrogen-bond acceptors (Lipinski definition) is 3. The normalized spacial score (nSPS) is 10.5. The Bertz CT molecular complexity index is 403. The lowest BCUT2D eigenvalue weighted by Crippen LogP contribution is -2.45. The van der Waals surface area contributed by atoms with Gasteiger partial charge in [0.1, 0.15) is 5.82 Å². The highest BCUT2D eigenvalue weighted by Gasteiger charge is 2.17. The Morgan fingerprint density at radius 1 is 1.53 bits per heavy atom. The number of aromatic amines is 1. The summed E-state index contributed by atoms with van der Waals surface area (Å²) in [6.07, 6.45) is 3.95. The van der Waals surface area contributed by atoms with Gasteiger partial charge in [0, 0.05) is 37.9 Å². The van der Waals surface area contributed by atoms with E-state index in [4.69, 9.17) is 5.11 Å². The first-order valence-corrected chi connectivity index (χ1v) is 6.25. The molecule has 0 unspecified atom stereocenters. The third kappa shape index (κ3) is 5.41. The van der Waals surface area contributed by atoms with Crippen LogP contribution < -0.4 is 5.32 Å². The molecule has 7 heteroatoms. The third-order valence-electron chi connectivity index (χ3n) is 2.64. The maximum Gasteiger partial charge on any atom is 0.317 e. The first kappa shape index (κ1) is 15.0. The highest BCUT2D eigenvalue weighted by atomic mass is 16.4. The van der Waals surface area contributed by atoms with Crippen molar-refractivity contribution in [2.24, 2.45) is 0 Å². The lowest BCUT2D eigenvalue weighted by Gasteiger charge is -2.26. The fourth-order valence-corrected chi connectivity index (χ4v) is 1.63. The van der Waals surface area contributed by atoms with Crippen LogP contribution in [0.2, 0.25) is 0 Å². The fourth-order valence-electron chi connectivity index (χ4n) is 1.63. The number of aliphatic carboxylic acids is 1. The van der Waals surface area contributed by atoms with Crippen LogP contribution in [0.1, 0.15) is 26.1 Å². The van der Waals surface area contributed by atoms with Gasteiger partial charge in [0.15, 0.2) is 0 Å². The second-order valence-corrected chi connectivity index (χ2v) is 4.45. The van der Waals surface area contributed by atoms with Gasteiger partial charge in [-0.2, -0.15) is 0 Å². The van der Waals surface area contributed by atoms with Gasteiger partial charge >= 0.3 is 12.0 Å². The summed E-state index contributed by atoms with van der Waals surface area (Å²) < 4.78 is 0. The molecule has 106 valence electrons. The monoisotopic (exact) mass is 268 g/mol. The number of hydrogen-bond donors (Lipinski definition) is 3. The number of carboxylic acids is 1. The molecule has 0 radical (unpaired) electrons. The zero-order valence-electron chi connectivity index (χ0n) is 11.2. The minimum atomic E-state index is -0.908. The van der Waals surface area contributed by atoms with Gasteiger partial charge < -0.3 is 20.3 Å². The van der Waals surface area contributed by atoms with Crippen molar-refractivity contribution in [1.29, 1.82) is 0 Å². The zero-order valence-corrected chi connectivity index (χ0v) is 11.2. The van der Waals surface area contributed by atoms with Gasteiger partial charge in [-0.05, 0) is 13.8 Å². The molecule has 0 aliphatic rings. The summed E-state index contributed by atoms with van der Waals surface area (Å²) in [6.45, 7) is 4.38. The number of aromatic nitrogens is 2. The predicted octanol–water partition coefficient (Wildman–Crippen LogP) is 0.847. The molecule has 0 atom stereocenters. The highest BCUT2D eigenvalue weighted by molar-refractivity contribution is 5.75. The van der Waals surface area contributed by atoms with Gasteiger partial charge in [-0.3, -0.25) is 4.79 Å². The van der Waals surface area contributed by atoms with Gasteiger partial charge in [-0.1, -0.05) is 0 Å². The fraction of sp³-hybridized carbons (Fsp3) is 0.583. The number of imidazole rings is 1. The van der Waals surface area contributed by atoms with E-state index in [1.807, 2.05) is 13.8 Å². The van der Waals surface area contributed by atoms with Crippen molar-refractivity contribution in [2.75, 3.05) is 13.1 Å². The maximum atomic E-state index is 11.9. The maximum absolute atomic E-state index is 11.9. The number of urea groups is 1. The molecule has 0 spiro atoms. The Balaban J connectivity index is 2.36. The Labute approximate surface area is 112 Å². The number of rotatable bonds is 7. The minimum Gasteiger partial charge on any atom is -0.481 e. The number of amides is 2. The van der Waals surface area contributed by atoms with E-state index in [9.17, 15) is 9.59 Å². The van der Waals surface area contributed by atoms with Crippen LogP contribution in [0.3, 0.4) is 0 Å². The Hall–Kier alpha value is -2.05. The molecule has 2 amide bonds. The summed E-state index contributed by atoms with van der Waals surface area (Å²) in [6, 6.07) is -0.286. The number of carbonyl (C=O) groups is 2. The van der Waals surface area contributed by atoms with Crippen LogP contribution in [0, 0.1) is 0 Å². The van der Waals surface area contributed by atoms with Gasteiger partial charge in [-0.25, -0.2) is 9.78 Å². The molecular weight excluding hydrogens is 248 g/mol.